The Labute approximate surface area is 212 Å². The number of nitrogens with one attached hydrogen (secondary N) is 1. The molecule has 0 atom stereocenters. The number of nitrogens with zero attached hydrogens (tertiary/aromatic N) is 2. The summed E-state index contributed by atoms with van der Waals surface area (Å²) in [4.78, 5) is 30.5. The molecule has 1 aromatic heterocycles. The summed E-state index contributed by atoms with van der Waals surface area (Å²) in [6.07, 6.45) is 0.161. The van der Waals surface area contributed by atoms with Crippen molar-refractivity contribution in [3.63, 3.8) is 0 Å². The summed E-state index contributed by atoms with van der Waals surface area (Å²) in [6.45, 7) is 0.262. The predicted octanol–water partition coefficient (Wildman–Crippen LogP) is 6.32. The number of carboxylic acid groups (broad SMARTS) is 1. The zero-order valence-corrected chi connectivity index (χ0v) is 20.1. The Morgan fingerprint density at radius 1 is 0.806 bits per heavy atom. The second-order valence-corrected chi connectivity index (χ2v) is 9.34. The molecule has 6 nitrogen and oxygen atoms in total. The number of benzene rings is 4. The topological polar surface area (TPSA) is 82.5 Å². The first-order valence-corrected chi connectivity index (χ1v) is 12.3. The molecule has 1 heterocycles. The fraction of sp³-hybridized carbons (Fsp3) is 0.0690. The SMILES string of the molecule is O=C(Cc1nc2ccc(N(c3ccccc3)c3ccccc3)cc2s1)NCc1cccc(C(=O)O)c1. The molecule has 0 spiro atoms. The van der Waals surface area contributed by atoms with Crippen molar-refractivity contribution in [2.45, 2.75) is 13.0 Å². The Bertz CT molecular complexity index is 1480. The molecule has 5 aromatic rings. The lowest BCUT2D eigenvalue weighted by Crippen LogP contribution is -2.24. The third kappa shape index (κ3) is 5.26. The number of rotatable bonds is 8. The third-order valence-corrected chi connectivity index (χ3v) is 6.70. The average molecular weight is 494 g/mol. The molecular weight excluding hydrogens is 470 g/mol. The fourth-order valence-electron chi connectivity index (χ4n) is 3.99. The lowest BCUT2D eigenvalue weighted by atomic mass is 10.1. The van der Waals surface area contributed by atoms with Crippen LogP contribution in [-0.4, -0.2) is 22.0 Å². The minimum atomic E-state index is -0.991. The Balaban J connectivity index is 1.34. The number of thiazole rings is 1. The lowest BCUT2D eigenvalue weighted by Gasteiger charge is -2.25. The average Bonchev–Trinajstić information content (AvgIpc) is 3.30. The minimum absolute atomic E-state index is 0.161. The smallest absolute Gasteiger partial charge is 0.335 e. The van der Waals surface area contributed by atoms with E-state index in [1.54, 1.807) is 18.2 Å². The van der Waals surface area contributed by atoms with Crippen LogP contribution in [0.1, 0.15) is 20.9 Å². The van der Waals surface area contributed by atoms with Gasteiger partial charge in [0.1, 0.15) is 5.01 Å². The van der Waals surface area contributed by atoms with Gasteiger partial charge < -0.3 is 15.3 Å². The van der Waals surface area contributed by atoms with E-state index in [-0.39, 0.29) is 24.4 Å². The summed E-state index contributed by atoms with van der Waals surface area (Å²) in [5.41, 5.74) is 4.90. The largest absolute Gasteiger partial charge is 0.478 e. The Morgan fingerprint density at radius 3 is 2.17 bits per heavy atom. The van der Waals surface area contributed by atoms with Crippen molar-refractivity contribution < 1.29 is 14.7 Å². The molecule has 5 rings (SSSR count). The van der Waals surface area contributed by atoms with Crippen molar-refractivity contribution in [3.05, 3.63) is 119 Å². The molecular formula is C29H23N3O3S. The van der Waals surface area contributed by atoms with Gasteiger partial charge >= 0.3 is 5.97 Å². The highest BCUT2D eigenvalue weighted by atomic mass is 32.1. The predicted molar refractivity (Wildman–Crippen MR) is 143 cm³/mol. The number of carbonyl (C=O) groups is 2. The second kappa shape index (κ2) is 10.4. The number of carboxylic acids is 1. The number of fused-ring (bicyclic) bond motifs is 1. The summed E-state index contributed by atoms with van der Waals surface area (Å²) in [7, 11) is 0. The highest BCUT2D eigenvalue weighted by molar-refractivity contribution is 7.18. The first kappa shape index (κ1) is 23.3. The van der Waals surface area contributed by atoms with Crippen LogP contribution in [0.3, 0.4) is 0 Å². The molecule has 0 unspecified atom stereocenters. The van der Waals surface area contributed by atoms with E-state index in [2.05, 4.69) is 45.5 Å². The van der Waals surface area contributed by atoms with Gasteiger partial charge in [-0.15, -0.1) is 11.3 Å². The minimum Gasteiger partial charge on any atom is -0.478 e. The highest BCUT2D eigenvalue weighted by Crippen LogP contribution is 2.36. The van der Waals surface area contributed by atoms with E-state index in [1.807, 2.05) is 48.5 Å². The van der Waals surface area contributed by atoms with Crippen molar-refractivity contribution in [2.24, 2.45) is 0 Å². The van der Waals surface area contributed by atoms with Crippen molar-refractivity contribution in [1.82, 2.24) is 10.3 Å². The fourth-order valence-corrected chi connectivity index (χ4v) is 4.99. The van der Waals surface area contributed by atoms with Gasteiger partial charge in [-0.25, -0.2) is 9.78 Å². The Kier molecular flexibility index (Phi) is 6.73. The maximum Gasteiger partial charge on any atom is 0.335 e. The molecule has 1 amide bonds. The van der Waals surface area contributed by atoms with Crippen LogP contribution in [0.2, 0.25) is 0 Å². The van der Waals surface area contributed by atoms with Crippen LogP contribution >= 0.6 is 11.3 Å². The van der Waals surface area contributed by atoms with Gasteiger partial charge in [0.2, 0.25) is 5.91 Å². The molecule has 0 saturated carbocycles. The summed E-state index contributed by atoms with van der Waals surface area (Å²) in [5.74, 6) is -1.15. The summed E-state index contributed by atoms with van der Waals surface area (Å²) < 4.78 is 1.00. The number of amides is 1. The van der Waals surface area contributed by atoms with E-state index < -0.39 is 5.97 Å². The van der Waals surface area contributed by atoms with Crippen LogP contribution in [-0.2, 0) is 17.8 Å². The highest BCUT2D eigenvalue weighted by Gasteiger charge is 2.15. The van der Waals surface area contributed by atoms with Crippen LogP contribution in [0.25, 0.3) is 10.2 Å². The molecule has 0 aliphatic carbocycles. The van der Waals surface area contributed by atoms with Gasteiger partial charge in [-0.1, -0.05) is 48.5 Å². The molecule has 36 heavy (non-hydrogen) atoms. The molecule has 0 bridgehead atoms. The zero-order chi connectivity index (χ0) is 24.9. The number of hydrogen-bond donors (Lipinski definition) is 2. The standard InChI is InChI=1S/C29H23N3O3S/c33-27(30-19-20-8-7-9-21(16-20)29(34)35)18-28-31-25-15-14-24(17-26(25)36-28)32(22-10-3-1-4-11-22)23-12-5-2-6-13-23/h1-17H,18-19H2,(H,30,33)(H,34,35). The first-order chi connectivity index (χ1) is 17.6. The molecule has 0 radical (unpaired) electrons. The van der Waals surface area contributed by atoms with E-state index in [4.69, 9.17) is 5.11 Å². The van der Waals surface area contributed by atoms with Gasteiger partial charge in [0, 0.05) is 23.6 Å². The van der Waals surface area contributed by atoms with Crippen molar-refractivity contribution in [1.29, 1.82) is 0 Å². The number of hydrogen-bond acceptors (Lipinski definition) is 5. The number of carbonyl (C=O) groups excluding carboxylic acids is 1. The molecule has 178 valence electrons. The lowest BCUT2D eigenvalue weighted by molar-refractivity contribution is -0.120. The summed E-state index contributed by atoms with van der Waals surface area (Å²) in [6, 6.07) is 33.1. The van der Waals surface area contributed by atoms with Crippen LogP contribution in [0.4, 0.5) is 17.1 Å². The number of anilines is 3. The van der Waals surface area contributed by atoms with Gasteiger partial charge in [-0.3, -0.25) is 4.79 Å². The van der Waals surface area contributed by atoms with E-state index >= 15 is 0 Å². The Hall–Kier alpha value is -4.49. The van der Waals surface area contributed by atoms with E-state index in [9.17, 15) is 9.59 Å². The van der Waals surface area contributed by atoms with Gasteiger partial charge in [0.25, 0.3) is 0 Å². The molecule has 0 fully saturated rings. The monoisotopic (exact) mass is 493 g/mol. The first-order valence-electron chi connectivity index (χ1n) is 11.5. The van der Waals surface area contributed by atoms with Gasteiger partial charge in [0.15, 0.2) is 0 Å². The van der Waals surface area contributed by atoms with Crippen LogP contribution < -0.4 is 10.2 Å². The van der Waals surface area contributed by atoms with Crippen LogP contribution in [0.15, 0.2) is 103 Å². The van der Waals surface area contributed by atoms with E-state index in [0.717, 1.165) is 37.8 Å². The summed E-state index contributed by atoms with van der Waals surface area (Å²) in [5, 5.41) is 12.7. The van der Waals surface area contributed by atoms with Gasteiger partial charge in [0.05, 0.1) is 22.2 Å². The van der Waals surface area contributed by atoms with Crippen molar-refractivity contribution >= 4 is 50.5 Å². The number of aromatic carboxylic acids is 1. The summed E-state index contributed by atoms with van der Waals surface area (Å²) >= 11 is 1.50. The molecule has 2 N–H and O–H groups in total. The maximum absolute atomic E-state index is 12.6. The van der Waals surface area contributed by atoms with Crippen molar-refractivity contribution in [3.8, 4) is 0 Å². The van der Waals surface area contributed by atoms with Crippen molar-refractivity contribution in [2.75, 3.05) is 4.90 Å². The zero-order valence-electron chi connectivity index (χ0n) is 19.3. The van der Waals surface area contributed by atoms with Gasteiger partial charge in [-0.2, -0.15) is 0 Å². The number of aromatic nitrogens is 1. The third-order valence-electron chi connectivity index (χ3n) is 5.68. The molecule has 0 aliphatic rings. The molecule has 7 heteroatoms. The van der Waals surface area contributed by atoms with E-state index in [0.29, 0.717) is 0 Å². The quantitative estimate of drug-likeness (QED) is 0.264. The molecule has 0 saturated heterocycles. The maximum atomic E-state index is 12.6. The molecule has 0 aliphatic heterocycles. The number of para-hydroxylation sites is 2. The normalized spacial score (nSPS) is 10.8. The Morgan fingerprint density at radius 2 is 1.50 bits per heavy atom. The van der Waals surface area contributed by atoms with Gasteiger partial charge in [-0.05, 0) is 60.2 Å². The molecule has 4 aromatic carbocycles. The second-order valence-electron chi connectivity index (χ2n) is 8.23. The van der Waals surface area contributed by atoms with Crippen LogP contribution in [0.5, 0.6) is 0 Å². The van der Waals surface area contributed by atoms with Crippen LogP contribution in [0, 0.1) is 0 Å². The van der Waals surface area contributed by atoms with E-state index in [1.165, 1.54) is 17.4 Å².